The van der Waals surface area contributed by atoms with Crippen molar-refractivity contribution in [3.05, 3.63) is 17.5 Å². The van der Waals surface area contributed by atoms with Crippen molar-refractivity contribution < 1.29 is 9.00 Å². The Hall–Kier alpha value is -1.17. The van der Waals surface area contributed by atoms with Crippen molar-refractivity contribution in [1.29, 1.82) is 0 Å². The van der Waals surface area contributed by atoms with Gasteiger partial charge in [0.1, 0.15) is 0 Å². The monoisotopic (exact) mass is 339 g/mol. The van der Waals surface area contributed by atoms with E-state index in [1.165, 1.54) is 0 Å². The van der Waals surface area contributed by atoms with Crippen LogP contribution in [0.2, 0.25) is 0 Å². The summed E-state index contributed by atoms with van der Waals surface area (Å²) >= 11 is 0. The number of hydrogen-bond donors (Lipinski definition) is 0. The molecule has 0 unspecified atom stereocenters. The Bertz CT molecular complexity index is 591. The zero-order valence-corrected chi connectivity index (χ0v) is 15.8. The quantitative estimate of drug-likeness (QED) is 0.847. The molecular formula is C17H29N3O2S. The molecule has 1 aliphatic heterocycles. The fourth-order valence-electron chi connectivity index (χ4n) is 3.11. The predicted molar refractivity (Wildman–Crippen MR) is 94.2 cm³/mol. The van der Waals surface area contributed by atoms with Gasteiger partial charge in [-0.1, -0.05) is 13.8 Å². The van der Waals surface area contributed by atoms with Gasteiger partial charge in [0.2, 0.25) is 0 Å². The van der Waals surface area contributed by atoms with Crippen molar-refractivity contribution in [2.24, 2.45) is 0 Å². The molecule has 2 rings (SSSR count). The van der Waals surface area contributed by atoms with E-state index in [0.29, 0.717) is 30.4 Å². The van der Waals surface area contributed by atoms with Gasteiger partial charge in [-0.15, -0.1) is 0 Å². The number of amides is 1. The average Bonchev–Trinajstić information content (AvgIpc) is 2.83. The predicted octanol–water partition coefficient (Wildman–Crippen LogP) is 2.93. The Labute approximate surface area is 141 Å². The molecule has 2 heterocycles. The maximum Gasteiger partial charge on any atom is 0.257 e. The Kier molecular flexibility index (Phi) is 5.65. The Morgan fingerprint density at radius 1 is 1.35 bits per heavy atom. The van der Waals surface area contributed by atoms with Gasteiger partial charge in [0.05, 0.1) is 17.8 Å². The molecule has 0 N–H and O–H groups in total. The standard InChI is InChI=1S/C17H29N3O2S/c1-6-14(7-2)20-13(3)15(12-18-20)16(21)19-9-8-17(4,5)23(22)11-10-19/h12,14H,6-11H2,1-5H3/t23-/m0/s1. The minimum atomic E-state index is -0.887. The first-order valence-corrected chi connectivity index (χ1v) is 9.85. The molecule has 1 aromatic heterocycles. The summed E-state index contributed by atoms with van der Waals surface area (Å²) in [6.07, 6.45) is 4.47. The van der Waals surface area contributed by atoms with E-state index in [9.17, 15) is 9.00 Å². The van der Waals surface area contributed by atoms with E-state index in [0.717, 1.165) is 25.0 Å². The summed E-state index contributed by atoms with van der Waals surface area (Å²) < 4.78 is 14.0. The third-order valence-electron chi connectivity index (χ3n) is 5.00. The van der Waals surface area contributed by atoms with E-state index in [-0.39, 0.29) is 10.7 Å². The Balaban J connectivity index is 2.20. The summed E-state index contributed by atoms with van der Waals surface area (Å²) in [6, 6.07) is 0.340. The summed E-state index contributed by atoms with van der Waals surface area (Å²) in [5.41, 5.74) is 1.62. The summed E-state index contributed by atoms with van der Waals surface area (Å²) in [7, 11) is -0.887. The van der Waals surface area contributed by atoms with Gasteiger partial charge in [0, 0.05) is 40.1 Å². The van der Waals surface area contributed by atoms with Crippen molar-refractivity contribution in [2.75, 3.05) is 18.8 Å². The van der Waals surface area contributed by atoms with Gasteiger partial charge in [-0.3, -0.25) is 13.7 Å². The highest BCUT2D eigenvalue weighted by molar-refractivity contribution is 7.86. The van der Waals surface area contributed by atoms with E-state index < -0.39 is 10.8 Å². The maximum absolute atomic E-state index is 12.9. The molecule has 1 aliphatic rings. The second-order valence-corrected chi connectivity index (χ2v) is 9.11. The molecule has 0 radical (unpaired) electrons. The second-order valence-electron chi connectivity index (χ2n) is 6.91. The highest BCUT2D eigenvalue weighted by atomic mass is 32.2. The number of hydrogen-bond acceptors (Lipinski definition) is 3. The lowest BCUT2D eigenvalue weighted by atomic mass is 10.1. The zero-order valence-electron chi connectivity index (χ0n) is 15.0. The smallest absolute Gasteiger partial charge is 0.257 e. The van der Waals surface area contributed by atoms with Crippen LogP contribution in [0.25, 0.3) is 0 Å². The van der Waals surface area contributed by atoms with Gasteiger partial charge in [-0.25, -0.2) is 0 Å². The molecule has 1 aromatic rings. The largest absolute Gasteiger partial charge is 0.338 e. The lowest BCUT2D eigenvalue weighted by Crippen LogP contribution is -2.34. The Morgan fingerprint density at radius 3 is 2.61 bits per heavy atom. The van der Waals surface area contributed by atoms with Crippen LogP contribution in [-0.2, 0) is 10.8 Å². The lowest BCUT2D eigenvalue weighted by molar-refractivity contribution is 0.0763. The summed E-state index contributed by atoms with van der Waals surface area (Å²) in [5, 5.41) is 4.45. The molecule has 1 saturated heterocycles. The maximum atomic E-state index is 12.9. The van der Waals surface area contributed by atoms with E-state index in [4.69, 9.17) is 0 Å². The second kappa shape index (κ2) is 7.16. The third-order valence-corrected chi connectivity index (χ3v) is 6.99. The topological polar surface area (TPSA) is 55.2 Å². The molecule has 1 fully saturated rings. The number of nitrogens with zero attached hydrogens (tertiary/aromatic N) is 3. The first kappa shape index (κ1) is 18.2. The molecule has 23 heavy (non-hydrogen) atoms. The van der Waals surface area contributed by atoms with Gasteiger partial charge in [-0.05, 0) is 40.0 Å². The highest BCUT2D eigenvalue weighted by Gasteiger charge is 2.32. The first-order valence-electron chi connectivity index (χ1n) is 8.53. The molecule has 1 atom stereocenters. The molecule has 1 amide bonds. The SMILES string of the molecule is CCC(CC)n1ncc(C(=O)N2CC[S@](=O)C(C)(C)CC2)c1C. The van der Waals surface area contributed by atoms with Crippen molar-refractivity contribution >= 4 is 16.7 Å². The Morgan fingerprint density at radius 2 is 2.00 bits per heavy atom. The van der Waals surface area contributed by atoms with E-state index in [1.807, 2.05) is 30.4 Å². The molecule has 130 valence electrons. The van der Waals surface area contributed by atoms with Crippen LogP contribution in [0.4, 0.5) is 0 Å². The fourth-order valence-corrected chi connectivity index (χ4v) is 4.37. The summed E-state index contributed by atoms with van der Waals surface area (Å²) in [5.74, 6) is 0.577. The lowest BCUT2D eigenvalue weighted by Gasteiger charge is -2.22. The fraction of sp³-hybridized carbons (Fsp3) is 0.765. The minimum absolute atomic E-state index is 0.0226. The van der Waals surface area contributed by atoms with Crippen LogP contribution in [0.15, 0.2) is 6.20 Å². The number of rotatable bonds is 4. The van der Waals surface area contributed by atoms with E-state index in [1.54, 1.807) is 6.20 Å². The van der Waals surface area contributed by atoms with Gasteiger partial charge in [0.15, 0.2) is 0 Å². The molecule has 0 spiro atoms. The molecule has 6 heteroatoms. The highest BCUT2D eigenvalue weighted by Crippen LogP contribution is 2.24. The number of carbonyl (C=O) groups is 1. The molecule has 5 nitrogen and oxygen atoms in total. The summed E-state index contributed by atoms with van der Waals surface area (Å²) in [6.45, 7) is 11.5. The third kappa shape index (κ3) is 3.67. The van der Waals surface area contributed by atoms with E-state index >= 15 is 0 Å². The van der Waals surface area contributed by atoms with Gasteiger partial charge in [0.25, 0.3) is 5.91 Å². The van der Waals surface area contributed by atoms with Gasteiger partial charge >= 0.3 is 0 Å². The number of aromatic nitrogens is 2. The van der Waals surface area contributed by atoms with Gasteiger partial charge in [-0.2, -0.15) is 5.10 Å². The minimum Gasteiger partial charge on any atom is -0.338 e. The van der Waals surface area contributed by atoms with Crippen molar-refractivity contribution in [2.45, 2.75) is 64.7 Å². The van der Waals surface area contributed by atoms with Crippen LogP contribution in [0.3, 0.4) is 0 Å². The molecular weight excluding hydrogens is 310 g/mol. The van der Waals surface area contributed by atoms with Gasteiger partial charge < -0.3 is 4.90 Å². The van der Waals surface area contributed by atoms with Crippen LogP contribution in [0, 0.1) is 6.92 Å². The van der Waals surface area contributed by atoms with Crippen LogP contribution in [0.5, 0.6) is 0 Å². The molecule has 0 aromatic carbocycles. The molecule has 0 aliphatic carbocycles. The molecule has 0 bridgehead atoms. The van der Waals surface area contributed by atoms with Crippen LogP contribution in [-0.4, -0.2) is 48.4 Å². The molecule has 0 saturated carbocycles. The van der Waals surface area contributed by atoms with E-state index in [2.05, 4.69) is 18.9 Å². The van der Waals surface area contributed by atoms with Crippen molar-refractivity contribution in [3.63, 3.8) is 0 Å². The van der Waals surface area contributed by atoms with Crippen LogP contribution in [0.1, 0.15) is 69.1 Å². The van der Waals surface area contributed by atoms with Crippen molar-refractivity contribution in [3.8, 4) is 0 Å². The van der Waals surface area contributed by atoms with Crippen molar-refractivity contribution in [1.82, 2.24) is 14.7 Å². The zero-order chi connectivity index (χ0) is 17.2. The number of carbonyl (C=O) groups excluding carboxylic acids is 1. The summed E-state index contributed by atoms with van der Waals surface area (Å²) in [4.78, 5) is 14.7. The normalized spacial score (nSPS) is 21.5. The van der Waals surface area contributed by atoms with Crippen LogP contribution >= 0.6 is 0 Å². The average molecular weight is 340 g/mol. The first-order chi connectivity index (χ1) is 10.8. The van der Waals surface area contributed by atoms with Crippen LogP contribution < -0.4 is 0 Å².